The van der Waals surface area contributed by atoms with Crippen LogP contribution in [-0.4, -0.2) is 42.5 Å². The molecule has 0 spiro atoms. The molecule has 4 heterocycles. The van der Waals surface area contributed by atoms with Crippen molar-refractivity contribution in [2.45, 2.75) is 32.6 Å². The fourth-order valence-electron chi connectivity index (χ4n) is 4.55. The summed E-state index contributed by atoms with van der Waals surface area (Å²) in [6.07, 6.45) is 0.645. The highest BCUT2D eigenvalue weighted by molar-refractivity contribution is 6.30. The Kier molecular flexibility index (Phi) is 8.24. The number of aromatic carboxylic acids is 1. The topological polar surface area (TPSA) is 110 Å². The standard InChI is InChI=1S/C30H22ClF4N5O4/c1-16(2)40(28(41)23-6-5-19(31)14-37-23)24-12-22(32)25(11-20(24)29(42)43)44-27-21(30(33,34)35)10-17(13-38-27)15-39-9-7-18-4-3-8-36-26(18)39/h3-14,16H,15H2,1-2H3,(H,42,43). The lowest BCUT2D eigenvalue weighted by atomic mass is 10.1. The van der Waals surface area contributed by atoms with Crippen LogP contribution in [0, 0.1) is 5.82 Å². The van der Waals surface area contributed by atoms with Gasteiger partial charge in [0.15, 0.2) is 11.6 Å². The van der Waals surface area contributed by atoms with Gasteiger partial charge in [-0.3, -0.25) is 4.79 Å². The molecule has 0 atom stereocenters. The van der Waals surface area contributed by atoms with Crippen molar-refractivity contribution in [2.75, 3.05) is 4.90 Å². The number of rotatable bonds is 8. The molecule has 0 unspecified atom stereocenters. The summed E-state index contributed by atoms with van der Waals surface area (Å²) in [4.78, 5) is 38.5. The monoisotopic (exact) mass is 627 g/mol. The summed E-state index contributed by atoms with van der Waals surface area (Å²) in [5.41, 5.74) is -1.63. The summed E-state index contributed by atoms with van der Waals surface area (Å²) >= 11 is 5.84. The highest BCUT2D eigenvalue weighted by Gasteiger charge is 2.37. The van der Waals surface area contributed by atoms with Gasteiger partial charge in [-0.25, -0.2) is 24.1 Å². The SMILES string of the molecule is CC(C)N(C(=O)c1ccc(Cl)cn1)c1cc(F)c(Oc2ncc(Cn3ccc4cccnc43)cc2C(F)(F)F)cc1C(=O)O. The molecule has 1 amide bonds. The van der Waals surface area contributed by atoms with Gasteiger partial charge in [-0.1, -0.05) is 11.6 Å². The van der Waals surface area contributed by atoms with Gasteiger partial charge in [0, 0.05) is 48.3 Å². The van der Waals surface area contributed by atoms with E-state index in [1.807, 2.05) is 6.07 Å². The van der Waals surface area contributed by atoms with Crippen LogP contribution in [0.2, 0.25) is 5.02 Å². The summed E-state index contributed by atoms with van der Waals surface area (Å²) in [6.45, 7) is 3.13. The zero-order valence-corrected chi connectivity index (χ0v) is 23.8. The number of benzene rings is 1. The molecule has 1 N–H and O–H groups in total. The Balaban J connectivity index is 1.51. The molecule has 226 valence electrons. The molecule has 0 saturated carbocycles. The lowest BCUT2D eigenvalue weighted by Gasteiger charge is -2.28. The summed E-state index contributed by atoms with van der Waals surface area (Å²) in [7, 11) is 0. The third-order valence-electron chi connectivity index (χ3n) is 6.52. The fourth-order valence-corrected chi connectivity index (χ4v) is 4.67. The number of aromatic nitrogens is 4. The molecule has 4 aromatic heterocycles. The zero-order valence-electron chi connectivity index (χ0n) is 23.0. The van der Waals surface area contributed by atoms with Gasteiger partial charge in [-0.2, -0.15) is 13.2 Å². The van der Waals surface area contributed by atoms with Gasteiger partial charge in [0.1, 0.15) is 16.9 Å². The Morgan fingerprint density at radius 2 is 1.84 bits per heavy atom. The number of amides is 1. The zero-order chi connectivity index (χ0) is 31.8. The largest absolute Gasteiger partial charge is 0.478 e. The number of ether oxygens (including phenoxy) is 1. The van der Waals surface area contributed by atoms with Crippen molar-refractivity contribution in [3.05, 3.63) is 107 Å². The molecule has 0 aliphatic carbocycles. The van der Waals surface area contributed by atoms with Gasteiger partial charge >= 0.3 is 12.1 Å². The summed E-state index contributed by atoms with van der Waals surface area (Å²) in [5, 5.41) is 11.0. The smallest absolute Gasteiger partial charge is 0.421 e. The number of pyridine rings is 3. The second-order valence-corrected chi connectivity index (χ2v) is 10.3. The van der Waals surface area contributed by atoms with Crippen LogP contribution in [-0.2, 0) is 12.7 Å². The number of carbonyl (C=O) groups is 2. The normalized spacial score (nSPS) is 11.6. The Morgan fingerprint density at radius 3 is 2.50 bits per heavy atom. The molecular weight excluding hydrogens is 606 g/mol. The predicted molar refractivity (Wildman–Crippen MR) is 153 cm³/mol. The van der Waals surface area contributed by atoms with Crippen molar-refractivity contribution < 1.29 is 37.0 Å². The summed E-state index contributed by atoms with van der Waals surface area (Å²) in [6, 6.07) is 9.59. The third kappa shape index (κ3) is 6.18. The first-order chi connectivity index (χ1) is 20.8. The first-order valence-electron chi connectivity index (χ1n) is 13.0. The number of hydrogen-bond acceptors (Lipinski definition) is 6. The molecule has 0 aliphatic rings. The Hall–Kier alpha value is -5.04. The fraction of sp³-hybridized carbons (Fsp3) is 0.167. The number of carboxylic acids is 1. The van der Waals surface area contributed by atoms with Gasteiger partial charge in [-0.15, -0.1) is 0 Å². The number of alkyl halides is 3. The van der Waals surface area contributed by atoms with Gasteiger partial charge in [0.05, 0.1) is 22.8 Å². The maximum atomic E-state index is 15.4. The molecule has 0 fully saturated rings. The summed E-state index contributed by atoms with van der Waals surface area (Å²) in [5.74, 6) is -5.38. The van der Waals surface area contributed by atoms with E-state index in [0.717, 1.165) is 22.5 Å². The van der Waals surface area contributed by atoms with Crippen molar-refractivity contribution in [1.29, 1.82) is 0 Å². The number of anilines is 1. The van der Waals surface area contributed by atoms with Crippen LogP contribution >= 0.6 is 11.6 Å². The van der Waals surface area contributed by atoms with Gasteiger partial charge in [0.2, 0.25) is 5.88 Å². The van der Waals surface area contributed by atoms with Gasteiger partial charge in [0.25, 0.3) is 5.91 Å². The maximum absolute atomic E-state index is 15.4. The molecule has 0 bridgehead atoms. The molecule has 0 aliphatic heterocycles. The third-order valence-corrected chi connectivity index (χ3v) is 6.74. The van der Waals surface area contributed by atoms with Crippen LogP contribution < -0.4 is 9.64 Å². The van der Waals surface area contributed by atoms with Crippen molar-refractivity contribution >= 4 is 40.2 Å². The number of halogens is 5. The van der Waals surface area contributed by atoms with Crippen molar-refractivity contribution in [3.63, 3.8) is 0 Å². The maximum Gasteiger partial charge on any atom is 0.421 e. The first kappa shape index (κ1) is 30.4. The van der Waals surface area contributed by atoms with E-state index in [0.29, 0.717) is 17.8 Å². The van der Waals surface area contributed by atoms with Crippen LogP contribution in [0.4, 0.5) is 23.2 Å². The van der Waals surface area contributed by atoms with E-state index in [9.17, 15) is 27.9 Å². The Morgan fingerprint density at radius 1 is 1.07 bits per heavy atom. The van der Waals surface area contributed by atoms with E-state index in [1.165, 1.54) is 18.3 Å². The van der Waals surface area contributed by atoms with Gasteiger partial charge in [-0.05, 0) is 55.8 Å². The molecule has 5 aromatic rings. The predicted octanol–water partition coefficient (Wildman–Crippen LogP) is 7.23. The van der Waals surface area contributed by atoms with Gasteiger partial charge < -0.3 is 19.3 Å². The van der Waals surface area contributed by atoms with Crippen LogP contribution in [0.5, 0.6) is 11.6 Å². The number of carboxylic acid groups (broad SMARTS) is 1. The second kappa shape index (κ2) is 11.9. The van der Waals surface area contributed by atoms with E-state index < -0.39 is 52.7 Å². The van der Waals surface area contributed by atoms with E-state index in [2.05, 4.69) is 15.0 Å². The first-order valence-corrected chi connectivity index (χ1v) is 13.4. The Bertz CT molecular complexity index is 1880. The van der Waals surface area contributed by atoms with Crippen molar-refractivity contribution in [2.24, 2.45) is 0 Å². The van der Waals surface area contributed by atoms with E-state index in [-0.39, 0.29) is 28.5 Å². The van der Waals surface area contributed by atoms with E-state index in [4.69, 9.17) is 16.3 Å². The average molecular weight is 628 g/mol. The van der Waals surface area contributed by atoms with Crippen LogP contribution in [0.1, 0.15) is 45.8 Å². The molecular formula is C30H22ClF4N5O4. The van der Waals surface area contributed by atoms with Crippen molar-refractivity contribution in [1.82, 2.24) is 19.5 Å². The average Bonchev–Trinajstić information content (AvgIpc) is 3.37. The highest BCUT2D eigenvalue weighted by Crippen LogP contribution is 2.39. The van der Waals surface area contributed by atoms with Crippen molar-refractivity contribution in [3.8, 4) is 11.6 Å². The van der Waals surface area contributed by atoms with Crippen LogP contribution in [0.15, 0.2) is 73.3 Å². The number of hydrogen-bond donors (Lipinski definition) is 1. The number of fused-ring (bicyclic) bond motifs is 1. The molecule has 0 radical (unpaired) electrons. The second-order valence-electron chi connectivity index (χ2n) is 9.89. The molecule has 14 heteroatoms. The molecule has 9 nitrogen and oxygen atoms in total. The minimum absolute atomic E-state index is 0.00460. The highest BCUT2D eigenvalue weighted by atomic mass is 35.5. The van der Waals surface area contributed by atoms with Crippen LogP contribution in [0.25, 0.3) is 11.0 Å². The molecule has 44 heavy (non-hydrogen) atoms. The number of nitrogens with zero attached hydrogens (tertiary/aromatic N) is 5. The number of carbonyl (C=O) groups excluding carboxylic acids is 1. The lowest BCUT2D eigenvalue weighted by Crippen LogP contribution is -2.38. The lowest BCUT2D eigenvalue weighted by molar-refractivity contribution is -0.139. The Labute approximate surface area is 252 Å². The molecule has 1 aromatic carbocycles. The molecule has 0 saturated heterocycles. The summed E-state index contributed by atoms with van der Waals surface area (Å²) < 4.78 is 64.7. The quantitative estimate of drug-likeness (QED) is 0.181. The minimum atomic E-state index is -4.95. The molecule has 5 rings (SSSR count). The van der Waals surface area contributed by atoms with E-state index in [1.54, 1.807) is 42.9 Å². The van der Waals surface area contributed by atoms with Crippen LogP contribution in [0.3, 0.4) is 0 Å². The van der Waals surface area contributed by atoms with E-state index >= 15 is 4.39 Å². The minimum Gasteiger partial charge on any atom is -0.478 e.